The third kappa shape index (κ3) is 6.57. The Morgan fingerprint density at radius 2 is 1.74 bits per heavy atom. The molecule has 1 aromatic heterocycles. The van der Waals surface area contributed by atoms with E-state index in [1.54, 1.807) is 6.07 Å². The number of nitrogens with one attached hydrogen (secondary N) is 1. The number of hydrogen-bond acceptors (Lipinski definition) is 3. The van der Waals surface area contributed by atoms with Crippen LogP contribution < -0.4 is 10.1 Å². The summed E-state index contributed by atoms with van der Waals surface area (Å²) in [4.78, 5) is 15.3. The second kappa shape index (κ2) is 11.6. The Balaban J connectivity index is 1.61. The number of benzene rings is 3. The third-order valence-electron chi connectivity index (χ3n) is 5.75. The second-order valence-electron chi connectivity index (χ2n) is 8.77. The van der Waals surface area contributed by atoms with E-state index in [1.807, 2.05) is 85.4 Å². The fraction of sp³-hybridized carbons (Fsp3) is 0.250. The molecule has 5 nitrogen and oxygen atoms in total. The van der Waals surface area contributed by atoms with E-state index in [9.17, 15) is 4.79 Å². The molecule has 35 heavy (non-hydrogen) atoms. The molecule has 1 amide bonds. The summed E-state index contributed by atoms with van der Waals surface area (Å²) in [6, 6.07) is 23.4. The summed E-state index contributed by atoms with van der Waals surface area (Å²) in [5, 5.41) is 5.00. The smallest absolute Gasteiger partial charge is 0.267 e. The minimum Gasteiger partial charge on any atom is -0.489 e. The molecule has 0 radical (unpaired) electrons. The predicted molar refractivity (Wildman–Crippen MR) is 144 cm³/mol. The van der Waals surface area contributed by atoms with Crippen LogP contribution in [0.3, 0.4) is 0 Å². The van der Waals surface area contributed by atoms with Gasteiger partial charge in [0, 0.05) is 24.0 Å². The van der Waals surface area contributed by atoms with Crippen LogP contribution >= 0.6 is 23.2 Å². The van der Waals surface area contributed by atoms with Crippen molar-refractivity contribution in [3.8, 4) is 5.75 Å². The van der Waals surface area contributed by atoms with Crippen LogP contribution in [0, 0.1) is 0 Å². The van der Waals surface area contributed by atoms with Gasteiger partial charge in [-0.15, -0.1) is 0 Å². The zero-order valence-electron chi connectivity index (χ0n) is 19.9. The number of carbonyl (C=O) groups excluding carboxylic acids is 1. The quantitative estimate of drug-likeness (QED) is 0.256. The van der Waals surface area contributed by atoms with Gasteiger partial charge in [0.25, 0.3) is 5.91 Å². The summed E-state index contributed by atoms with van der Waals surface area (Å²) >= 11 is 12.4. The highest BCUT2D eigenvalue weighted by Gasteiger charge is 2.17. The molecule has 0 atom stereocenters. The van der Waals surface area contributed by atoms with Crippen molar-refractivity contribution >= 4 is 40.0 Å². The van der Waals surface area contributed by atoms with E-state index in [2.05, 4.69) is 10.2 Å². The van der Waals surface area contributed by atoms with Crippen LogP contribution in [0.1, 0.15) is 28.0 Å². The van der Waals surface area contributed by atoms with Gasteiger partial charge in [-0.2, -0.15) is 0 Å². The molecule has 3 aromatic carbocycles. The van der Waals surface area contributed by atoms with Crippen LogP contribution in [-0.4, -0.2) is 42.6 Å². The fourth-order valence-corrected chi connectivity index (χ4v) is 4.27. The number of amides is 1. The van der Waals surface area contributed by atoms with Gasteiger partial charge >= 0.3 is 0 Å². The van der Waals surface area contributed by atoms with Gasteiger partial charge < -0.3 is 19.5 Å². The van der Waals surface area contributed by atoms with E-state index in [0.29, 0.717) is 35.4 Å². The molecule has 0 aliphatic carbocycles. The van der Waals surface area contributed by atoms with Gasteiger partial charge in [-0.05, 0) is 74.6 Å². The van der Waals surface area contributed by atoms with Crippen molar-refractivity contribution in [1.29, 1.82) is 0 Å². The highest BCUT2D eigenvalue weighted by atomic mass is 35.5. The molecule has 4 aromatic rings. The zero-order valence-corrected chi connectivity index (χ0v) is 21.4. The zero-order chi connectivity index (χ0) is 24.8. The summed E-state index contributed by atoms with van der Waals surface area (Å²) in [6.07, 6.45) is 0.878. The average molecular weight is 510 g/mol. The van der Waals surface area contributed by atoms with Crippen LogP contribution in [0.5, 0.6) is 5.75 Å². The molecule has 0 bridgehead atoms. The molecule has 0 saturated carbocycles. The van der Waals surface area contributed by atoms with Gasteiger partial charge in [-0.3, -0.25) is 4.79 Å². The second-order valence-corrected chi connectivity index (χ2v) is 9.59. The summed E-state index contributed by atoms with van der Waals surface area (Å²) in [5.74, 6) is 0.651. The van der Waals surface area contributed by atoms with Gasteiger partial charge in [0.2, 0.25) is 0 Å². The maximum Gasteiger partial charge on any atom is 0.267 e. The van der Waals surface area contributed by atoms with E-state index in [-0.39, 0.29) is 5.91 Å². The summed E-state index contributed by atoms with van der Waals surface area (Å²) in [7, 11) is 4.04. The number of aromatic nitrogens is 1. The Bertz CT molecular complexity index is 1300. The van der Waals surface area contributed by atoms with Crippen LogP contribution in [-0.2, 0) is 13.2 Å². The first-order chi connectivity index (χ1) is 16.9. The molecule has 1 N–H and O–H groups in total. The Hall–Kier alpha value is -2.99. The van der Waals surface area contributed by atoms with E-state index >= 15 is 0 Å². The van der Waals surface area contributed by atoms with Crippen molar-refractivity contribution in [2.45, 2.75) is 19.6 Å². The van der Waals surface area contributed by atoms with Crippen LogP contribution in [0.15, 0.2) is 72.8 Å². The fourth-order valence-electron chi connectivity index (χ4n) is 3.95. The third-order valence-corrected chi connectivity index (χ3v) is 6.49. The number of nitrogens with zero attached hydrogens (tertiary/aromatic N) is 2. The largest absolute Gasteiger partial charge is 0.489 e. The van der Waals surface area contributed by atoms with Gasteiger partial charge in [0.05, 0.1) is 10.0 Å². The van der Waals surface area contributed by atoms with Crippen LogP contribution in [0.25, 0.3) is 10.9 Å². The molecule has 0 saturated heterocycles. The van der Waals surface area contributed by atoms with Crippen molar-refractivity contribution in [3.63, 3.8) is 0 Å². The van der Waals surface area contributed by atoms with Crippen molar-refractivity contribution < 1.29 is 9.53 Å². The highest BCUT2D eigenvalue weighted by Crippen LogP contribution is 2.28. The number of halogens is 2. The monoisotopic (exact) mass is 509 g/mol. The molecule has 7 heteroatoms. The van der Waals surface area contributed by atoms with Crippen LogP contribution in [0.4, 0.5) is 0 Å². The lowest BCUT2D eigenvalue weighted by atomic mass is 10.2. The molecular formula is C28H29Cl2N3O2. The molecule has 0 fully saturated rings. The van der Waals surface area contributed by atoms with E-state index in [4.69, 9.17) is 27.9 Å². The Labute approximate surface area is 216 Å². The molecule has 0 spiro atoms. The number of fused-ring (bicyclic) bond motifs is 1. The van der Waals surface area contributed by atoms with E-state index in [1.165, 1.54) is 0 Å². The SMILES string of the molecule is CN(C)CCCNC(=O)c1cc2cc(OCc3ccccc3)ccc2n1Cc1ccc(Cl)c(Cl)c1. The molecule has 0 aliphatic rings. The number of hydrogen-bond donors (Lipinski definition) is 1. The number of ether oxygens (including phenoxy) is 1. The maximum absolute atomic E-state index is 13.2. The molecule has 4 rings (SSSR count). The first-order valence-electron chi connectivity index (χ1n) is 11.6. The van der Waals surface area contributed by atoms with Gasteiger partial charge in [0.1, 0.15) is 18.1 Å². The molecule has 0 unspecified atom stereocenters. The number of rotatable bonds is 10. The van der Waals surface area contributed by atoms with Gasteiger partial charge in [0.15, 0.2) is 0 Å². The average Bonchev–Trinajstić information content (AvgIpc) is 3.21. The lowest BCUT2D eigenvalue weighted by Crippen LogP contribution is -2.29. The standard InChI is InChI=1S/C28H29Cl2N3O2/c1-32(2)14-6-13-31-28(34)27-17-22-16-23(35-19-20-7-4-3-5-8-20)10-12-26(22)33(27)18-21-9-11-24(29)25(30)15-21/h3-5,7-12,15-17H,6,13-14,18-19H2,1-2H3,(H,31,34). The predicted octanol–water partition coefficient (Wildman–Crippen LogP) is 6.26. The highest BCUT2D eigenvalue weighted by molar-refractivity contribution is 6.42. The minimum absolute atomic E-state index is 0.105. The topological polar surface area (TPSA) is 46.5 Å². The Kier molecular flexibility index (Phi) is 8.34. The first-order valence-corrected chi connectivity index (χ1v) is 12.3. The molecule has 0 aliphatic heterocycles. The Morgan fingerprint density at radius 3 is 2.49 bits per heavy atom. The summed E-state index contributed by atoms with van der Waals surface area (Å²) in [5.41, 5.74) is 3.60. The minimum atomic E-state index is -0.105. The molecular weight excluding hydrogens is 481 g/mol. The van der Waals surface area contributed by atoms with Crippen molar-refractivity contribution in [2.24, 2.45) is 0 Å². The van der Waals surface area contributed by atoms with E-state index < -0.39 is 0 Å². The maximum atomic E-state index is 13.2. The van der Waals surface area contributed by atoms with Gasteiger partial charge in [-0.25, -0.2) is 0 Å². The lowest BCUT2D eigenvalue weighted by molar-refractivity contribution is 0.0944. The lowest BCUT2D eigenvalue weighted by Gasteiger charge is -2.13. The van der Waals surface area contributed by atoms with Crippen molar-refractivity contribution in [3.05, 3.63) is 99.7 Å². The van der Waals surface area contributed by atoms with E-state index in [0.717, 1.165) is 40.7 Å². The summed E-state index contributed by atoms with van der Waals surface area (Å²) < 4.78 is 8.02. The van der Waals surface area contributed by atoms with Crippen molar-refractivity contribution in [2.75, 3.05) is 27.2 Å². The summed E-state index contributed by atoms with van der Waals surface area (Å²) in [6.45, 7) is 2.49. The first kappa shape index (κ1) is 25.1. The van der Waals surface area contributed by atoms with Crippen LogP contribution in [0.2, 0.25) is 10.0 Å². The number of carbonyl (C=O) groups is 1. The molecule has 1 heterocycles. The molecule has 182 valence electrons. The van der Waals surface area contributed by atoms with Crippen molar-refractivity contribution in [1.82, 2.24) is 14.8 Å². The van der Waals surface area contributed by atoms with Gasteiger partial charge in [-0.1, -0.05) is 59.6 Å². The Morgan fingerprint density at radius 1 is 0.943 bits per heavy atom. The normalized spacial score (nSPS) is 11.2.